The van der Waals surface area contributed by atoms with E-state index in [4.69, 9.17) is 4.74 Å². The normalized spacial score (nSPS) is 28.1. The molecular weight excluding hydrogens is 434 g/mol. The highest BCUT2D eigenvalue weighted by Gasteiger charge is 2.44. The molecular formula is C27H29NO6. The molecule has 1 aliphatic carbocycles. The molecule has 2 aromatic carbocycles. The highest BCUT2D eigenvalue weighted by Crippen LogP contribution is 2.33. The first-order chi connectivity index (χ1) is 16.3. The molecule has 0 spiro atoms. The molecule has 1 saturated heterocycles. The molecule has 1 aliphatic heterocycles. The summed E-state index contributed by atoms with van der Waals surface area (Å²) < 4.78 is 5.66. The van der Waals surface area contributed by atoms with Crippen LogP contribution in [-0.4, -0.2) is 62.2 Å². The average molecular weight is 464 g/mol. The second-order valence-electron chi connectivity index (χ2n) is 9.14. The Bertz CT molecular complexity index is 1100. The first-order valence-corrected chi connectivity index (χ1v) is 11.5. The van der Waals surface area contributed by atoms with E-state index in [-0.39, 0.29) is 0 Å². The van der Waals surface area contributed by atoms with Crippen molar-refractivity contribution in [2.45, 2.75) is 68.2 Å². The number of aliphatic hydroxyl groups is 5. The van der Waals surface area contributed by atoms with Crippen molar-refractivity contribution < 1.29 is 30.3 Å². The summed E-state index contributed by atoms with van der Waals surface area (Å²) in [4.78, 5) is 0. The fourth-order valence-corrected chi connectivity index (χ4v) is 4.62. The van der Waals surface area contributed by atoms with Crippen LogP contribution in [0.15, 0.2) is 42.5 Å². The molecule has 1 saturated carbocycles. The predicted octanol–water partition coefficient (Wildman–Crippen LogP) is 1.32. The lowest BCUT2D eigenvalue weighted by atomic mass is 9.89. The Balaban J connectivity index is 1.54. The Labute approximate surface area is 198 Å². The van der Waals surface area contributed by atoms with Crippen molar-refractivity contribution in [2.75, 3.05) is 6.61 Å². The van der Waals surface area contributed by atoms with Crippen LogP contribution in [0, 0.1) is 23.2 Å². The minimum atomic E-state index is -1.47. The molecule has 7 nitrogen and oxygen atoms in total. The van der Waals surface area contributed by atoms with Crippen LogP contribution in [0.5, 0.6) is 0 Å². The summed E-state index contributed by atoms with van der Waals surface area (Å²) in [6.07, 6.45) is -2.38. The van der Waals surface area contributed by atoms with Gasteiger partial charge in [0.25, 0.3) is 0 Å². The second kappa shape index (κ2) is 10.2. The summed E-state index contributed by atoms with van der Waals surface area (Å²) in [5.41, 5.74) is 2.60. The topological polar surface area (TPSA) is 134 Å². The summed E-state index contributed by atoms with van der Waals surface area (Å²) in [6.45, 7) is -0.503. The lowest BCUT2D eigenvalue weighted by Gasteiger charge is -2.40. The quantitative estimate of drug-likeness (QED) is 0.432. The van der Waals surface area contributed by atoms with E-state index in [0.29, 0.717) is 30.4 Å². The van der Waals surface area contributed by atoms with E-state index in [1.807, 2.05) is 24.3 Å². The van der Waals surface area contributed by atoms with Crippen LogP contribution >= 0.6 is 0 Å². The maximum Gasteiger partial charge on any atom is 0.125 e. The minimum absolute atomic E-state index is 0.450. The molecule has 2 aliphatic rings. The van der Waals surface area contributed by atoms with Crippen LogP contribution in [0.3, 0.4) is 0 Å². The molecule has 2 aromatic rings. The molecule has 7 heteroatoms. The monoisotopic (exact) mass is 463 g/mol. The third-order valence-electron chi connectivity index (χ3n) is 6.69. The number of nitrogens with zero attached hydrogens (tertiary/aromatic N) is 1. The lowest BCUT2D eigenvalue weighted by Crippen LogP contribution is -2.55. The SMILES string of the molecule is N#Cc1ccc([C@@H]2O[C@H](CO)[C@@H](O)[C@H](O)[C@H]2O)cc1Cc1ccc(C#CC2(O)CCCC2)cc1. The first-order valence-electron chi connectivity index (χ1n) is 11.5. The molecule has 1 heterocycles. The average Bonchev–Trinajstić information content (AvgIpc) is 3.29. The van der Waals surface area contributed by atoms with Gasteiger partial charge in [0.15, 0.2) is 0 Å². The molecule has 0 amide bonds. The van der Waals surface area contributed by atoms with Crippen molar-refractivity contribution in [1.29, 1.82) is 5.26 Å². The van der Waals surface area contributed by atoms with Crippen LogP contribution in [0.2, 0.25) is 0 Å². The molecule has 2 fully saturated rings. The van der Waals surface area contributed by atoms with Crippen molar-refractivity contribution in [1.82, 2.24) is 0 Å². The first kappa shape index (κ1) is 24.4. The number of nitriles is 1. The Kier molecular flexibility index (Phi) is 7.35. The summed E-state index contributed by atoms with van der Waals surface area (Å²) in [5, 5.41) is 60.0. The van der Waals surface area contributed by atoms with E-state index in [1.165, 1.54) is 0 Å². The van der Waals surface area contributed by atoms with Crippen molar-refractivity contribution in [3.05, 3.63) is 70.3 Å². The van der Waals surface area contributed by atoms with Gasteiger partial charge in [-0.3, -0.25) is 0 Å². The summed E-state index contributed by atoms with van der Waals surface area (Å²) >= 11 is 0. The summed E-state index contributed by atoms with van der Waals surface area (Å²) in [7, 11) is 0. The third kappa shape index (κ3) is 5.16. The smallest absolute Gasteiger partial charge is 0.125 e. The fourth-order valence-electron chi connectivity index (χ4n) is 4.62. The Morgan fingerprint density at radius 3 is 2.32 bits per heavy atom. The Morgan fingerprint density at radius 2 is 1.68 bits per heavy atom. The van der Waals surface area contributed by atoms with E-state index < -0.39 is 42.7 Å². The van der Waals surface area contributed by atoms with Gasteiger partial charge in [0.2, 0.25) is 0 Å². The van der Waals surface area contributed by atoms with Crippen LogP contribution in [0.1, 0.15) is 59.6 Å². The van der Waals surface area contributed by atoms with E-state index in [0.717, 1.165) is 29.5 Å². The number of ether oxygens (including phenoxy) is 1. The third-order valence-corrected chi connectivity index (χ3v) is 6.69. The zero-order chi connectivity index (χ0) is 24.3. The van der Waals surface area contributed by atoms with Gasteiger partial charge < -0.3 is 30.3 Å². The molecule has 5 atom stereocenters. The van der Waals surface area contributed by atoms with Gasteiger partial charge in [0.1, 0.15) is 36.1 Å². The van der Waals surface area contributed by atoms with Crippen LogP contribution in [-0.2, 0) is 11.2 Å². The maximum absolute atomic E-state index is 10.4. The van der Waals surface area contributed by atoms with Gasteiger partial charge in [-0.25, -0.2) is 0 Å². The molecule has 34 heavy (non-hydrogen) atoms. The highest BCUT2D eigenvalue weighted by atomic mass is 16.5. The predicted molar refractivity (Wildman–Crippen MR) is 123 cm³/mol. The standard InChI is InChI=1S/C27H29NO6/c28-15-20-8-7-19(26-25(32)24(31)23(30)22(16-29)34-26)14-21(20)13-18-5-3-17(4-6-18)9-12-27(33)10-1-2-11-27/h3-8,14,22-26,29-33H,1-2,10-11,13,16H2/t22-,23-,24+,25-,26+/m1/s1. The van der Waals surface area contributed by atoms with Crippen LogP contribution in [0.25, 0.3) is 0 Å². The van der Waals surface area contributed by atoms with Crippen molar-refractivity contribution >= 4 is 0 Å². The number of benzene rings is 2. The van der Waals surface area contributed by atoms with E-state index in [1.54, 1.807) is 18.2 Å². The zero-order valence-electron chi connectivity index (χ0n) is 18.8. The summed E-state index contributed by atoms with van der Waals surface area (Å²) in [6, 6.07) is 14.8. The van der Waals surface area contributed by atoms with Gasteiger partial charge in [-0.1, -0.05) is 36.1 Å². The molecule has 0 bridgehead atoms. The molecule has 178 valence electrons. The van der Waals surface area contributed by atoms with Crippen LogP contribution < -0.4 is 0 Å². The minimum Gasteiger partial charge on any atom is -0.394 e. The van der Waals surface area contributed by atoms with Gasteiger partial charge in [-0.05, 0) is 67.0 Å². The molecule has 0 aromatic heterocycles. The van der Waals surface area contributed by atoms with Gasteiger partial charge in [-0.15, -0.1) is 0 Å². The Hall–Kier alpha value is -2.75. The molecule has 0 radical (unpaired) electrons. The van der Waals surface area contributed by atoms with Crippen molar-refractivity contribution in [3.63, 3.8) is 0 Å². The second-order valence-corrected chi connectivity index (χ2v) is 9.14. The number of hydrogen-bond acceptors (Lipinski definition) is 7. The van der Waals surface area contributed by atoms with E-state index in [2.05, 4.69) is 17.9 Å². The lowest BCUT2D eigenvalue weighted by molar-refractivity contribution is -0.231. The Morgan fingerprint density at radius 1 is 0.971 bits per heavy atom. The highest BCUT2D eigenvalue weighted by molar-refractivity contribution is 5.45. The number of hydrogen-bond donors (Lipinski definition) is 5. The van der Waals surface area contributed by atoms with Gasteiger partial charge >= 0.3 is 0 Å². The van der Waals surface area contributed by atoms with Gasteiger partial charge in [0, 0.05) is 5.56 Å². The van der Waals surface area contributed by atoms with Crippen molar-refractivity contribution in [3.8, 4) is 17.9 Å². The summed E-state index contributed by atoms with van der Waals surface area (Å²) in [5.74, 6) is 6.05. The van der Waals surface area contributed by atoms with E-state index in [9.17, 15) is 30.8 Å². The number of aliphatic hydroxyl groups excluding tert-OH is 4. The molecule has 0 unspecified atom stereocenters. The molecule has 4 rings (SSSR count). The maximum atomic E-state index is 10.4. The molecule has 5 N–H and O–H groups in total. The number of rotatable bonds is 4. The van der Waals surface area contributed by atoms with Crippen molar-refractivity contribution in [2.24, 2.45) is 0 Å². The largest absolute Gasteiger partial charge is 0.394 e. The van der Waals surface area contributed by atoms with E-state index >= 15 is 0 Å². The van der Waals surface area contributed by atoms with Gasteiger partial charge in [-0.2, -0.15) is 5.26 Å². The zero-order valence-corrected chi connectivity index (χ0v) is 18.8. The van der Waals surface area contributed by atoms with Gasteiger partial charge in [0.05, 0.1) is 18.2 Å². The fraction of sp³-hybridized carbons (Fsp3) is 0.444. The van der Waals surface area contributed by atoms with Crippen LogP contribution in [0.4, 0.5) is 0 Å².